The van der Waals surface area contributed by atoms with Gasteiger partial charge < -0.3 is 20.1 Å². The average molecular weight is 402 g/mol. The van der Waals surface area contributed by atoms with Crippen molar-refractivity contribution < 1.29 is 19.1 Å². The van der Waals surface area contributed by atoms with Crippen LogP contribution in [-0.2, 0) is 6.54 Å². The molecule has 2 N–H and O–H groups in total. The highest BCUT2D eigenvalue weighted by molar-refractivity contribution is 7.14. The van der Waals surface area contributed by atoms with Gasteiger partial charge in [0.05, 0.1) is 31.3 Å². The molecule has 0 spiro atoms. The number of ketones is 1. The number of nitrogens with one attached hydrogen (secondary N) is 2. The summed E-state index contributed by atoms with van der Waals surface area (Å²) in [7, 11) is 3.05. The lowest BCUT2D eigenvalue weighted by molar-refractivity contribution is 0.104. The number of carbonyl (C=O) groups excluding carboxylic acids is 2. The zero-order chi connectivity index (χ0) is 19.2. The minimum atomic E-state index is -0.374. The number of anilines is 1. The van der Waals surface area contributed by atoms with E-state index in [1.54, 1.807) is 30.3 Å². The molecule has 1 aromatic carbocycles. The fourth-order valence-electron chi connectivity index (χ4n) is 2.45. The lowest BCUT2D eigenvalue weighted by Crippen LogP contribution is -2.28. The molecule has 2 heterocycles. The maximum absolute atomic E-state index is 12.3. The molecule has 0 bridgehead atoms. The molecular weight excluding hydrogens is 384 g/mol. The second kappa shape index (κ2) is 8.70. The van der Waals surface area contributed by atoms with Crippen molar-refractivity contribution in [3.8, 4) is 11.5 Å². The summed E-state index contributed by atoms with van der Waals surface area (Å²) in [6.45, 7) is 0.319. The van der Waals surface area contributed by atoms with Gasteiger partial charge in [-0.25, -0.2) is 4.79 Å². The van der Waals surface area contributed by atoms with Crippen LogP contribution in [0, 0.1) is 0 Å². The van der Waals surface area contributed by atoms with Gasteiger partial charge in [0.15, 0.2) is 11.5 Å². The van der Waals surface area contributed by atoms with Crippen LogP contribution in [0.25, 0.3) is 0 Å². The largest absolute Gasteiger partial charge is 0.493 e. The summed E-state index contributed by atoms with van der Waals surface area (Å²) in [5.41, 5.74) is 1.19. The Bertz CT molecular complexity index is 935. The van der Waals surface area contributed by atoms with E-state index in [0.717, 1.165) is 4.88 Å². The molecule has 6 nitrogen and oxygen atoms in total. The van der Waals surface area contributed by atoms with E-state index in [1.165, 1.54) is 36.9 Å². The summed E-state index contributed by atoms with van der Waals surface area (Å²) >= 11 is 2.86. The number of amides is 2. The fourth-order valence-corrected chi connectivity index (χ4v) is 4.00. The number of hydrogen-bond acceptors (Lipinski definition) is 6. The summed E-state index contributed by atoms with van der Waals surface area (Å²) in [4.78, 5) is 26.1. The molecule has 2 amide bonds. The quantitative estimate of drug-likeness (QED) is 0.575. The normalized spacial score (nSPS) is 10.3. The van der Waals surface area contributed by atoms with Crippen molar-refractivity contribution in [2.75, 3.05) is 19.5 Å². The third-order valence-electron chi connectivity index (χ3n) is 3.74. The van der Waals surface area contributed by atoms with Crippen LogP contribution in [0.5, 0.6) is 11.5 Å². The number of benzene rings is 1. The zero-order valence-corrected chi connectivity index (χ0v) is 16.4. The van der Waals surface area contributed by atoms with Gasteiger partial charge in [-0.3, -0.25) is 4.79 Å². The Morgan fingerprint density at radius 3 is 2.63 bits per heavy atom. The second-order valence-electron chi connectivity index (χ2n) is 5.46. The van der Waals surface area contributed by atoms with Crippen LogP contribution in [0.2, 0.25) is 0 Å². The van der Waals surface area contributed by atoms with E-state index in [0.29, 0.717) is 34.2 Å². The first-order valence-corrected chi connectivity index (χ1v) is 9.79. The number of methoxy groups -OCH3 is 2. The predicted molar refractivity (Wildman–Crippen MR) is 107 cm³/mol. The van der Waals surface area contributed by atoms with Crippen LogP contribution in [0.4, 0.5) is 10.5 Å². The highest BCUT2D eigenvalue weighted by atomic mass is 32.1. The number of urea groups is 1. The molecule has 27 heavy (non-hydrogen) atoms. The van der Waals surface area contributed by atoms with Crippen LogP contribution < -0.4 is 20.1 Å². The standard InChI is InChI=1S/C19H18N2O4S2/c1-24-15-5-3-4-14(18(15)25-2)21-19(23)20-10-13-6-7-16(27-13)17(22)12-8-9-26-11-12/h3-9,11H,10H2,1-2H3,(H2,20,21,23). The Kier molecular flexibility index (Phi) is 6.10. The third-order valence-corrected chi connectivity index (χ3v) is 5.51. The first kappa shape index (κ1) is 18.9. The molecule has 8 heteroatoms. The molecule has 0 saturated heterocycles. The summed E-state index contributed by atoms with van der Waals surface area (Å²) in [6, 6.07) is 10.3. The van der Waals surface area contributed by atoms with Crippen LogP contribution in [0.1, 0.15) is 20.1 Å². The highest BCUT2D eigenvalue weighted by Crippen LogP contribution is 2.34. The van der Waals surface area contributed by atoms with E-state index in [2.05, 4.69) is 10.6 Å². The van der Waals surface area contributed by atoms with E-state index in [4.69, 9.17) is 9.47 Å². The minimum Gasteiger partial charge on any atom is -0.493 e. The molecule has 0 atom stereocenters. The van der Waals surface area contributed by atoms with E-state index >= 15 is 0 Å². The van der Waals surface area contributed by atoms with Crippen molar-refractivity contribution in [3.63, 3.8) is 0 Å². The minimum absolute atomic E-state index is 0.00179. The number of para-hydroxylation sites is 1. The van der Waals surface area contributed by atoms with Crippen LogP contribution in [-0.4, -0.2) is 26.0 Å². The molecule has 3 aromatic rings. The molecule has 0 unspecified atom stereocenters. The second-order valence-corrected chi connectivity index (χ2v) is 7.40. The Hall–Kier alpha value is -2.84. The van der Waals surface area contributed by atoms with Gasteiger partial charge in [0.2, 0.25) is 5.78 Å². The lowest BCUT2D eigenvalue weighted by atomic mass is 10.2. The van der Waals surface area contributed by atoms with Crippen molar-refractivity contribution in [1.82, 2.24) is 5.32 Å². The van der Waals surface area contributed by atoms with Crippen molar-refractivity contribution in [2.24, 2.45) is 0 Å². The number of carbonyl (C=O) groups is 2. The van der Waals surface area contributed by atoms with Crippen molar-refractivity contribution in [2.45, 2.75) is 6.54 Å². The Balaban J connectivity index is 1.60. The molecule has 2 aromatic heterocycles. The Morgan fingerprint density at radius 1 is 1.07 bits per heavy atom. The van der Waals surface area contributed by atoms with Gasteiger partial charge in [0, 0.05) is 15.8 Å². The molecular formula is C19H18N2O4S2. The molecule has 0 fully saturated rings. The van der Waals surface area contributed by atoms with Gasteiger partial charge in [-0.1, -0.05) is 6.07 Å². The smallest absolute Gasteiger partial charge is 0.319 e. The molecule has 3 rings (SSSR count). The SMILES string of the molecule is COc1cccc(NC(=O)NCc2ccc(C(=O)c3ccsc3)s2)c1OC. The number of ether oxygens (including phenoxy) is 2. The van der Waals surface area contributed by atoms with Gasteiger partial charge >= 0.3 is 6.03 Å². The Morgan fingerprint density at radius 2 is 1.93 bits per heavy atom. The molecule has 0 aliphatic rings. The van der Waals surface area contributed by atoms with E-state index < -0.39 is 0 Å². The van der Waals surface area contributed by atoms with Crippen LogP contribution in [0.3, 0.4) is 0 Å². The van der Waals surface area contributed by atoms with Gasteiger partial charge in [-0.2, -0.15) is 11.3 Å². The predicted octanol–water partition coefficient (Wildman–Crippen LogP) is 4.38. The van der Waals surface area contributed by atoms with Gasteiger partial charge in [0.1, 0.15) is 0 Å². The topological polar surface area (TPSA) is 76.7 Å². The maximum Gasteiger partial charge on any atom is 0.319 e. The fraction of sp³-hybridized carbons (Fsp3) is 0.158. The zero-order valence-electron chi connectivity index (χ0n) is 14.8. The third kappa shape index (κ3) is 4.47. The summed E-state index contributed by atoms with van der Waals surface area (Å²) < 4.78 is 10.5. The Labute approximate surface area is 164 Å². The average Bonchev–Trinajstić information content (AvgIpc) is 3.37. The monoisotopic (exact) mass is 402 g/mol. The first-order valence-electron chi connectivity index (χ1n) is 8.04. The van der Waals surface area contributed by atoms with E-state index in [-0.39, 0.29) is 11.8 Å². The summed E-state index contributed by atoms with van der Waals surface area (Å²) in [5, 5.41) is 9.22. The van der Waals surface area contributed by atoms with Crippen molar-refractivity contribution in [3.05, 3.63) is 62.5 Å². The van der Waals surface area contributed by atoms with E-state index in [1.807, 2.05) is 16.8 Å². The number of rotatable bonds is 7. The molecule has 140 valence electrons. The number of hydrogen-bond donors (Lipinski definition) is 2. The van der Waals surface area contributed by atoms with Crippen LogP contribution >= 0.6 is 22.7 Å². The van der Waals surface area contributed by atoms with Crippen LogP contribution in [0.15, 0.2) is 47.2 Å². The van der Waals surface area contributed by atoms with Gasteiger partial charge in [0.25, 0.3) is 0 Å². The number of thiophene rings is 2. The highest BCUT2D eigenvalue weighted by Gasteiger charge is 2.14. The maximum atomic E-state index is 12.3. The van der Waals surface area contributed by atoms with Crippen molar-refractivity contribution >= 4 is 40.2 Å². The molecule has 0 saturated carbocycles. The molecule has 0 aliphatic heterocycles. The summed E-state index contributed by atoms with van der Waals surface area (Å²) in [6.07, 6.45) is 0. The molecule has 0 radical (unpaired) electrons. The lowest BCUT2D eigenvalue weighted by Gasteiger charge is -2.13. The first-order chi connectivity index (χ1) is 13.1. The van der Waals surface area contributed by atoms with Gasteiger partial charge in [-0.15, -0.1) is 11.3 Å². The summed E-state index contributed by atoms with van der Waals surface area (Å²) in [5.74, 6) is 0.984. The molecule has 0 aliphatic carbocycles. The van der Waals surface area contributed by atoms with E-state index in [9.17, 15) is 9.59 Å². The van der Waals surface area contributed by atoms with Crippen molar-refractivity contribution in [1.29, 1.82) is 0 Å². The van der Waals surface area contributed by atoms with Gasteiger partial charge in [-0.05, 0) is 35.7 Å².